The van der Waals surface area contributed by atoms with Gasteiger partial charge in [-0.2, -0.15) is 0 Å². The minimum absolute atomic E-state index is 0.356. The van der Waals surface area contributed by atoms with Crippen molar-refractivity contribution in [1.29, 1.82) is 0 Å². The Morgan fingerprint density at radius 3 is 2.33 bits per heavy atom. The number of nitrogens with zero attached hydrogens (tertiary/aromatic N) is 3. The predicted octanol–water partition coefficient (Wildman–Crippen LogP) is -1.82. The zero-order valence-electron chi connectivity index (χ0n) is 11.2. The molecule has 1 N–H and O–H groups in total. The van der Waals surface area contributed by atoms with Crippen LogP contribution in [-0.2, 0) is 19.3 Å². The van der Waals surface area contributed by atoms with E-state index in [4.69, 9.17) is 0 Å². The summed E-state index contributed by atoms with van der Waals surface area (Å²) < 4.78 is 33.0. The molecule has 1 aromatic rings. The zero-order chi connectivity index (χ0) is 15.8. The summed E-state index contributed by atoms with van der Waals surface area (Å²) in [5.41, 5.74) is -0.758. The van der Waals surface area contributed by atoms with E-state index in [1.165, 1.54) is 0 Å². The van der Waals surface area contributed by atoms with Gasteiger partial charge in [-0.3, -0.25) is 0 Å². The predicted molar refractivity (Wildman–Crippen MR) is 66.4 cm³/mol. The van der Waals surface area contributed by atoms with Crippen molar-refractivity contribution in [2.45, 2.75) is 12.1 Å². The highest BCUT2D eigenvalue weighted by atomic mass is 32.2. The van der Waals surface area contributed by atoms with Gasteiger partial charge in [-0.25, -0.2) is 22.7 Å². The number of esters is 2. The minimum atomic E-state index is -3.47. The average Bonchev–Trinajstić information content (AvgIpc) is 2.97. The van der Waals surface area contributed by atoms with Gasteiger partial charge in [-0.1, -0.05) is 5.21 Å². The second kappa shape index (κ2) is 5.41. The van der Waals surface area contributed by atoms with Crippen LogP contribution in [0, 0.1) is 0 Å². The molecule has 1 aliphatic rings. The molecule has 1 aromatic heterocycles. The molecule has 116 valence electrons. The fourth-order valence-corrected chi connectivity index (χ4v) is 3.85. The van der Waals surface area contributed by atoms with Gasteiger partial charge >= 0.3 is 11.9 Å². The molecule has 0 bridgehead atoms. The average molecular weight is 319 g/mol. The maximum Gasteiger partial charge on any atom is 0.361 e. The van der Waals surface area contributed by atoms with Crippen molar-refractivity contribution in [3.8, 4) is 0 Å². The molecule has 2 atom stereocenters. The van der Waals surface area contributed by atoms with Crippen LogP contribution in [0.15, 0.2) is 0 Å². The van der Waals surface area contributed by atoms with Crippen LogP contribution in [0.4, 0.5) is 0 Å². The van der Waals surface area contributed by atoms with Gasteiger partial charge in [0.15, 0.2) is 15.5 Å². The molecule has 0 radical (unpaired) electrons. The SMILES string of the molecule is COC(=O)c1nnn([C@H]2CS(=O)(=O)C[C@H]2O)c1C(=O)OC. The Balaban J connectivity index is 2.52. The first kappa shape index (κ1) is 15.4. The smallest absolute Gasteiger partial charge is 0.361 e. The van der Waals surface area contributed by atoms with E-state index in [-0.39, 0.29) is 5.69 Å². The molecule has 0 amide bonds. The number of aromatic nitrogens is 3. The number of ether oxygens (including phenoxy) is 2. The van der Waals surface area contributed by atoms with E-state index in [1.54, 1.807) is 0 Å². The molecule has 10 nitrogen and oxygen atoms in total. The highest BCUT2D eigenvalue weighted by Crippen LogP contribution is 2.26. The van der Waals surface area contributed by atoms with Crippen molar-refractivity contribution in [3.63, 3.8) is 0 Å². The Morgan fingerprint density at radius 1 is 1.24 bits per heavy atom. The molecular formula is C10H13N3O7S. The van der Waals surface area contributed by atoms with E-state index >= 15 is 0 Å². The summed E-state index contributed by atoms with van der Waals surface area (Å²) >= 11 is 0. The van der Waals surface area contributed by atoms with Gasteiger partial charge < -0.3 is 14.6 Å². The number of sulfone groups is 1. The molecule has 0 aromatic carbocycles. The first-order valence-electron chi connectivity index (χ1n) is 5.81. The third-order valence-electron chi connectivity index (χ3n) is 3.06. The fourth-order valence-electron chi connectivity index (χ4n) is 2.09. The summed E-state index contributed by atoms with van der Waals surface area (Å²) in [4.78, 5) is 23.4. The van der Waals surface area contributed by atoms with Gasteiger partial charge in [0, 0.05) is 0 Å². The molecule has 1 aliphatic heterocycles. The largest absolute Gasteiger partial charge is 0.464 e. The maximum atomic E-state index is 11.8. The Bertz CT molecular complexity index is 681. The highest BCUT2D eigenvalue weighted by Gasteiger charge is 2.41. The van der Waals surface area contributed by atoms with Gasteiger partial charge in [0.05, 0.1) is 37.9 Å². The molecule has 2 rings (SSSR count). The van der Waals surface area contributed by atoms with E-state index in [0.29, 0.717) is 0 Å². The summed E-state index contributed by atoms with van der Waals surface area (Å²) in [5, 5.41) is 16.9. The van der Waals surface area contributed by atoms with Crippen molar-refractivity contribution >= 4 is 21.8 Å². The summed E-state index contributed by atoms with van der Waals surface area (Å²) in [6.45, 7) is 0. The monoisotopic (exact) mass is 319 g/mol. The van der Waals surface area contributed by atoms with Gasteiger partial charge in [-0.15, -0.1) is 5.10 Å². The third kappa shape index (κ3) is 2.74. The minimum Gasteiger partial charge on any atom is -0.464 e. The van der Waals surface area contributed by atoms with Crippen molar-refractivity contribution < 1.29 is 32.6 Å². The fraction of sp³-hybridized carbons (Fsp3) is 0.600. The normalized spacial score (nSPS) is 23.8. The second-order valence-electron chi connectivity index (χ2n) is 4.43. The number of aliphatic hydroxyl groups excluding tert-OH is 1. The van der Waals surface area contributed by atoms with E-state index in [9.17, 15) is 23.1 Å². The summed E-state index contributed by atoms with van der Waals surface area (Å²) in [5.74, 6) is -2.72. The molecule has 1 saturated heterocycles. The van der Waals surface area contributed by atoms with Crippen molar-refractivity contribution in [3.05, 3.63) is 11.4 Å². The number of hydrogen-bond donors (Lipinski definition) is 1. The molecule has 11 heteroatoms. The molecule has 2 heterocycles. The Labute approximate surface area is 119 Å². The number of methoxy groups -OCH3 is 2. The van der Waals surface area contributed by atoms with Crippen LogP contribution in [0.5, 0.6) is 0 Å². The van der Waals surface area contributed by atoms with Crippen LogP contribution in [0.3, 0.4) is 0 Å². The molecule has 0 saturated carbocycles. The number of rotatable bonds is 3. The van der Waals surface area contributed by atoms with Crippen LogP contribution in [-0.4, -0.2) is 72.3 Å². The van der Waals surface area contributed by atoms with Gasteiger partial charge in [0.1, 0.15) is 0 Å². The third-order valence-corrected chi connectivity index (χ3v) is 4.76. The molecule has 0 unspecified atom stereocenters. The Morgan fingerprint density at radius 2 is 1.86 bits per heavy atom. The van der Waals surface area contributed by atoms with E-state index in [0.717, 1.165) is 18.9 Å². The number of aliphatic hydroxyl groups is 1. The lowest BCUT2D eigenvalue weighted by molar-refractivity contribution is 0.0536. The lowest BCUT2D eigenvalue weighted by Gasteiger charge is -2.14. The quantitative estimate of drug-likeness (QED) is 0.638. The zero-order valence-corrected chi connectivity index (χ0v) is 12.0. The van der Waals surface area contributed by atoms with Crippen molar-refractivity contribution in [1.82, 2.24) is 15.0 Å². The van der Waals surface area contributed by atoms with E-state index in [2.05, 4.69) is 19.8 Å². The summed E-state index contributed by atoms with van der Waals surface area (Å²) in [7, 11) is -1.29. The van der Waals surface area contributed by atoms with Gasteiger partial charge in [0.25, 0.3) is 0 Å². The van der Waals surface area contributed by atoms with Crippen molar-refractivity contribution in [2.75, 3.05) is 25.7 Å². The first-order chi connectivity index (χ1) is 9.80. The number of hydrogen-bond acceptors (Lipinski definition) is 9. The summed E-state index contributed by atoms with van der Waals surface area (Å²) in [6, 6.07) is -1.02. The van der Waals surface area contributed by atoms with E-state index < -0.39 is 51.1 Å². The molecule has 21 heavy (non-hydrogen) atoms. The van der Waals surface area contributed by atoms with Crippen LogP contribution in [0.1, 0.15) is 27.0 Å². The van der Waals surface area contributed by atoms with Crippen molar-refractivity contribution in [2.24, 2.45) is 0 Å². The summed E-state index contributed by atoms with van der Waals surface area (Å²) in [6.07, 6.45) is -1.26. The van der Waals surface area contributed by atoms with Gasteiger partial charge in [-0.05, 0) is 0 Å². The Hall–Kier alpha value is -2.01. The second-order valence-corrected chi connectivity index (χ2v) is 6.58. The van der Waals surface area contributed by atoms with Crippen LogP contribution in [0.2, 0.25) is 0 Å². The van der Waals surface area contributed by atoms with Crippen LogP contribution < -0.4 is 0 Å². The lowest BCUT2D eigenvalue weighted by atomic mass is 10.2. The number of carbonyl (C=O) groups excluding carboxylic acids is 2. The van der Waals surface area contributed by atoms with Crippen LogP contribution in [0.25, 0.3) is 0 Å². The molecular weight excluding hydrogens is 306 g/mol. The Kier molecular flexibility index (Phi) is 3.96. The maximum absolute atomic E-state index is 11.8. The highest BCUT2D eigenvalue weighted by molar-refractivity contribution is 7.91. The molecule has 0 spiro atoms. The van der Waals surface area contributed by atoms with Crippen LogP contribution >= 0.6 is 0 Å². The molecule has 0 aliphatic carbocycles. The first-order valence-corrected chi connectivity index (χ1v) is 7.63. The number of carbonyl (C=O) groups is 2. The van der Waals surface area contributed by atoms with Gasteiger partial charge in [0.2, 0.25) is 5.69 Å². The topological polar surface area (TPSA) is 138 Å². The molecule has 1 fully saturated rings. The standard InChI is InChI=1S/C10H13N3O7S/c1-19-9(15)7-8(10(16)20-2)13(12-11-7)5-3-21(17,18)4-6(5)14/h5-6,14H,3-4H2,1-2H3/t5-,6+/m0/s1. The lowest BCUT2D eigenvalue weighted by Crippen LogP contribution is -2.27. The van der Waals surface area contributed by atoms with E-state index in [1.807, 2.05) is 0 Å².